The molecule has 0 atom stereocenters. The van der Waals surface area contributed by atoms with E-state index in [4.69, 9.17) is 4.74 Å². The van der Waals surface area contributed by atoms with Gasteiger partial charge in [0.05, 0.1) is 0 Å². The van der Waals surface area contributed by atoms with Crippen LogP contribution in [0.4, 0.5) is 0 Å². The molecule has 0 saturated carbocycles. The number of hydrogen-bond acceptors (Lipinski definition) is 1. The largest absolute Gasteiger partial charge is 0.488 e. The number of hydrogen-bond donors (Lipinski definition) is 0. The molecule has 0 unspecified atom stereocenters. The van der Waals surface area contributed by atoms with Crippen molar-refractivity contribution in [2.75, 3.05) is 11.5 Å². The summed E-state index contributed by atoms with van der Waals surface area (Å²) in [6.45, 7) is 6.26. The van der Waals surface area contributed by atoms with Gasteiger partial charge in [0, 0.05) is 10.9 Å². The minimum absolute atomic E-state index is 0.103. The Hall–Kier alpha value is -0.630. The quantitative estimate of drug-likeness (QED) is 0.721. The summed E-state index contributed by atoms with van der Waals surface area (Å²) in [6, 6.07) is 8.77. The summed E-state index contributed by atoms with van der Waals surface area (Å²) in [4.78, 5) is 1.52. The first-order valence-corrected chi connectivity index (χ1v) is 8.07. The van der Waals surface area contributed by atoms with Crippen LogP contribution in [0.3, 0.4) is 0 Å². The molecule has 0 N–H and O–H groups in total. The van der Waals surface area contributed by atoms with Crippen molar-refractivity contribution in [1.82, 2.24) is 0 Å². The van der Waals surface area contributed by atoms with Crippen LogP contribution in [0.25, 0.3) is 0 Å². The smallest absolute Gasteiger partial charge is 0.155 e. The normalized spacial score (nSPS) is 18.1. The van der Waals surface area contributed by atoms with E-state index in [2.05, 4.69) is 45.0 Å². The Morgan fingerprint density at radius 3 is 2.06 bits per heavy atom. The maximum atomic E-state index is 5.85. The van der Waals surface area contributed by atoms with Crippen LogP contribution in [-0.4, -0.2) is 17.1 Å². The molecule has 94 valence electrons. The predicted octanol–water partition coefficient (Wildman–Crippen LogP) is 4.03. The summed E-state index contributed by atoms with van der Waals surface area (Å²) in [5, 5.41) is 0. The van der Waals surface area contributed by atoms with Gasteiger partial charge in [-0.1, -0.05) is 0 Å². The molecule has 1 saturated heterocycles. The second-order valence-corrected chi connectivity index (χ2v) is 7.92. The third-order valence-corrected chi connectivity index (χ3v) is 5.36. The monoisotopic (exact) mass is 251 g/mol. The van der Waals surface area contributed by atoms with Crippen LogP contribution in [0.5, 0.6) is 5.75 Å². The van der Waals surface area contributed by atoms with Crippen LogP contribution in [0.2, 0.25) is 0 Å². The molecule has 1 aliphatic rings. The van der Waals surface area contributed by atoms with Gasteiger partial charge >= 0.3 is 0 Å². The Labute approximate surface area is 108 Å². The van der Waals surface area contributed by atoms with Gasteiger partial charge in [-0.2, -0.15) is 0 Å². The van der Waals surface area contributed by atoms with Crippen LogP contribution in [-0.2, 0) is 10.9 Å². The van der Waals surface area contributed by atoms with Crippen LogP contribution in [0.15, 0.2) is 29.2 Å². The Balaban J connectivity index is 2.02. The highest BCUT2D eigenvalue weighted by molar-refractivity contribution is 7.96. The van der Waals surface area contributed by atoms with Gasteiger partial charge in [-0.05, 0) is 64.3 Å². The lowest BCUT2D eigenvalue weighted by molar-refractivity contribution is 0.131. The molecule has 0 aliphatic carbocycles. The molecule has 1 aromatic carbocycles. The zero-order valence-corrected chi connectivity index (χ0v) is 12.0. The molecule has 1 nitrogen and oxygen atoms in total. The Morgan fingerprint density at radius 1 is 0.941 bits per heavy atom. The summed E-state index contributed by atoms with van der Waals surface area (Å²) >= 11 is 0. The second kappa shape index (κ2) is 5.34. The van der Waals surface area contributed by atoms with Gasteiger partial charge in [0.2, 0.25) is 0 Å². The van der Waals surface area contributed by atoms with Gasteiger partial charge in [0.25, 0.3) is 0 Å². The molecule has 1 heterocycles. The van der Waals surface area contributed by atoms with E-state index in [1.165, 1.54) is 35.7 Å². The van der Waals surface area contributed by atoms with Gasteiger partial charge in [0.1, 0.15) is 22.9 Å². The molecule has 2 rings (SSSR count). The molecule has 1 aliphatic heterocycles. The van der Waals surface area contributed by atoms with Crippen molar-refractivity contribution in [3.05, 3.63) is 24.3 Å². The van der Waals surface area contributed by atoms with Crippen molar-refractivity contribution in [3.8, 4) is 5.75 Å². The Bertz CT molecular complexity index is 344. The molecule has 0 aromatic heterocycles. The molecule has 17 heavy (non-hydrogen) atoms. The first-order chi connectivity index (χ1) is 8.04. The fraction of sp³-hybridized carbons (Fsp3) is 0.600. The fourth-order valence-electron chi connectivity index (χ4n) is 2.12. The lowest BCUT2D eigenvalue weighted by Crippen LogP contribution is -2.23. The predicted molar refractivity (Wildman–Crippen MR) is 76.0 cm³/mol. The lowest BCUT2D eigenvalue weighted by Gasteiger charge is -2.21. The molecule has 1 fully saturated rings. The first-order valence-electron chi connectivity index (χ1n) is 6.51. The van der Waals surface area contributed by atoms with Gasteiger partial charge in [-0.25, -0.2) is 0 Å². The van der Waals surface area contributed by atoms with E-state index in [0.717, 1.165) is 5.75 Å². The first kappa shape index (κ1) is 12.8. The van der Waals surface area contributed by atoms with Crippen molar-refractivity contribution in [3.63, 3.8) is 0 Å². The van der Waals surface area contributed by atoms with Crippen LogP contribution >= 0.6 is 0 Å². The summed E-state index contributed by atoms with van der Waals surface area (Å²) in [5.74, 6) is 3.76. The summed E-state index contributed by atoms with van der Waals surface area (Å²) in [6.07, 6.45) is 4.24. The molecule has 0 amide bonds. The van der Waals surface area contributed by atoms with Crippen molar-refractivity contribution >= 4 is 10.9 Å². The SMILES string of the molecule is CC(C)(C)Oc1ccc([S+]2CCCCC2)cc1. The number of ether oxygens (including phenoxy) is 1. The third kappa shape index (κ3) is 3.95. The summed E-state index contributed by atoms with van der Waals surface area (Å²) in [7, 11) is 0.505. The van der Waals surface area contributed by atoms with E-state index in [1.807, 2.05) is 0 Å². The van der Waals surface area contributed by atoms with Crippen molar-refractivity contribution < 1.29 is 4.74 Å². The molecular formula is C15H23OS+. The highest BCUT2D eigenvalue weighted by Gasteiger charge is 2.24. The van der Waals surface area contributed by atoms with E-state index in [1.54, 1.807) is 0 Å². The third-order valence-electron chi connectivity index (χ3n) is 2.86. The average molecular weight is 251 g/mol. The van der Waals surface area contributed by atoms with E-state index in [-0.39, 0.29) is 5.60 Å². The average Bonchev–Trinajstić information content (AvgIpc) is 2.29. The molecular weight excluding hydrogens is 228 g/mol. The summed E-state index contributed by atoms with van der Waals surface area (Å²) in [5.41, 5.74) is -0.103. The standard InChI is InChI=1S/C15H23OS/c1-15(2,3)16-13-7-9-14(10-8-13)17-11-5-4-6-12-17/h7-10H,4-6,11-12H2,1-3H3/q+1. The number of rotatable bonds is 2. The second-order valence-electron chi connectivity index (χ2n) is 5.65. The van der Waals surface area contributed by atoms with Crippen molar-refractivity contribution in [2.45, 2.75) is 50.5 Å². The molecule has 1 aromatic rings. The van der Waals surface area contributed by atoms with E-state index in [0.29, 0.717) is 10.9 Å². The van der Waals surface area contributed by atoms with Crippen LogP contribution in [0.1, 0.15) is 40.0 Å². The minimum Gasteiger partial charge on any atom is -0.488 e. The van der Waals surface area contributed by atoms with Gasteiger partial charge in [-0.15, -0.1) is 0 Å². The zero-order valence-electron chi connectivity index (χ0n) is 11.2. The van der Waals surface area contributed by atoms with Gasteiger partial charge < -0.3 is 4.74 Å². The fourth-order valence-corrected chi connectivity index (χ4v) is 4.42. The lowest BCUT2D eigenvalue weighted by atomic mass is 10.2. The van der Waals surface area contributed by atoms with E-state index < -0.39 is 0 Å². The highest BCUT2D eigenvalue weighted by atomic mass is 32.2. The van der Waals surface area contributed by atoms with Crippen LogP contribution < -0.4 is 4.74 Å². The van der Waals surface area contributed by atoms with E-state index in [9.17, 15) is 0 Å². The molecule has 0 radical (unpaired) electrons. The zero-order chi connectivity index (χ0) is 12.3. The van der Waals surface area contributed by atoms with Gasteiger partial charge in [0.15, 0.2) is 4.90 Å². The highest BCUT2D eigenvalue weighted by Crippen LogP contribution is 2.25. The van der Waals surface area contributed by atoms with Crippen LogP contribution in [0, 0.1) is 0 Å². The van der Waals surface area contributed by atoms with E-state index >= 15 is 0 Å². The molecule has 0 bridgehead atoms. The van der Waals surface area contributed by atoms with Gasteiger partial charge in [-0.3, -0.25) is 0 Å². The van der Waals surface area contributed by atoms with Crippen molar-refractivity contribution in [1.29, 1.82) is 0 Å². The maximum Gasteiger partial charge on any atom is 0.155 e. The van der Waals surface area contributed by atoms with Crippen molar-refractivity contribution in [2.24, 2.45) is 0 Å². The molecule has 2 heteroatoms. The Morgan fingerprint density at radius 2 is 1.53 bits per heavy atom. The maximum absolute atomic E-state index is 5.85. The topological polar surface area (TPSA) is 9.23 Å². The summed E-state index contributed by atoms with van der Waals surface area (Å²) < 4.78 is 5.85. The number of benzene rings is 1. The minimum atomic E-state index is -0.103. The Kier molecular flexibility index (Phi) is 4.03. The molecule has 0 spiro atoms.